The number of hydrogen-bond donors (Lipinski definition) is 1. The zero-order chi connectivity index (χ0) is 20.4. The van der Waals surface area contributed by atoms with Crippen LogP contribution in [0.1, 0.15) is 46.0 Å². The lowest BCUT2D eigenvalue weighted by atomic mass is 10.0. The van der Waals surface area contributed by atoms with E-state index in [0.717, 1.165) is 30.5 Å². The predicted octanol–water partition coefficient (Wildman–Crippen LogP) is 2.63. The number of carbonyl (C=O) groups is 3. The highest BCUT2D eigenvalue weighted by molar-refractivity contribution is 5.98. The molecule has 1 N–H and O–H groups in total. The van der Waals surface area contributed by atoms with Crippen LogP contribution in [-0.2, 0) is 11.2 Å². The van der Waals surface area contributed by atoms with E-state index in [2.05, 4.69) is 5.32 Å². The van der Waals surface area contributed by atoms with Gasteiger partial charge in [0, 0.05) is 49.4 Å². The van der Waals surface area contributed by atoms with Crippen LogP contribution in [0.5, 0.6) is 0 Å². The number of anilines is 1. The lowest BCUT2D eigenvalue weighted by Gasteiger charge is -2.32. The van der Waals surface area contributed by atoms with Crippen molar-refractivity contribution in [3.05, 3.63) is 65.2 Å². The molecule has 2 aliphatic rings. The molecule has 0 unspecified atom stereocenters. The van der Waals surface area contributed by atoms with E-state index in [1.54, 1.807) is 24.0 Å². The lowest BCUT2D eigenvalue weighted by Crippen LogP contribution is -2.46. The van der Waals surface area contributed by atoms with E-state index in [1.165, 1.54) is 0 Å². The van der Waals surface area contributed by atoms with Crippen LogP contribution in [0.2, 0.25) is 0 Å². The van der Waals surface area contributed by atoms with Crippen molar-refractivity contribution >= 4 is 23.4 Å². The van der Waals surface area contributed by atoms with Crippen molar-refractivity contribution < 1.29 is 14.4 Å². The Morgan fingerprint density at radius 3 is 2.34 bits per heavy atom. The third kappa shape index (κ3) is 4.01. The average Bonchev–Trinajstić information content (AvgIpc) is 3.18. The minimum Gasteiger partial charge on any atom is -0.349 e. The fourth-order valence-corrected chi connectivity index (χ4v) is 4.13. The molecule has 3 amide bonds. The molecule has 2 heterocycles. The molecule has 0 bridgehead atoms. The smallest absolute Gasteiger partial charge is 0.253 e. The maximum atomic E-state index is 12.9. The molecular formula is C23H25N3O3. The second-order valence-corrected chi connectivity index (χ2v) is 7.67. The highest BCUT2D eigenvalue weighted by Gasteiger charge is 2.27. The van der Waals surface area contributed by atoms with Gasteiger partial charge in [0.15, 0.2) is 0 Å². The van der Waals surface area contributed by atoms with Gasteiger partial charge in [0.25, 0.3) is 11.8 Å². The van der Waals surface area contributed by atoms with Crippen LogP contribution < -0.4 is 10.2 Å². The average molecular weight is 391 g/mol. The Balaban J connectivity index is 1.35. The van der Waals surface area contributed by atoms with Gasteiger partial charge in [-0.05, 0) is 55.2 Å². The Kier molecular flexibility index (Phi) is 5.34. The third-order valence-corrected chi connectivity index (χ3v) is 5.76. The van der Waals surface area contributed by atoms with Crippen molar-refractivity contribution in [1.29, 1.82) is 0 Å². The van der Waals surface area contributed by atoms with Crippen LogP contribution in [-0.4, -0.2) is 48.3 Å². The van der Waals surface area contributed by atoms with Crippen molar-refractivity contribution in [3.8, 4) is 0 Å². The fourth-order valence-electron chi connectivity index (χ4n) is 4.13. The molecule has 0 aromatic heterocycles. The topological polar surface area (TPSA) is 69.7 Å². The quantitative estimate of drug-likeness (QED) is 0.875. The van der Waals surface area contributed by atoms with Gasteiger partial charge >= 0.3 is 0 Å². The summed E-state index contributed by atoms with van der Waals surface area (Å²) in [5, 5.41) is 3.07. The number of carbonyl (C=O) groups excluding carboxylic acids is 3. The van der Waals surface area contributed by atoms with Crippen molar-refractivity contribution in [1.82, 2.24) is 10.2 Å². The summed E-state index contributed by atoms with van der Waals surface area (Å²) in [7, 11) is 0. The number of nitrogens with one attached hydrogen (secondary N) is 1. The summed E-state index contributed by atoms with van der Waals surface area (Å²) in [5.74, 6) is -0.0200. The largest absolute Gasteiger partial charge is 0.349 e. The highest BCUT2D eigenvalue weighted by Crippen LogP contribution is 2.29. The van der Waals surface area contributed by atoms with Gasteiger partial charge in [0.2, 0.25) is 5.91 Å². The SMILES string of the molecule is CC(=O)N1CCc2cc(C(=O)N3CCC(NC(=O)c4ccccc4)CC3)ccc21. The summed E-state index contributed by atoms with van der Waals surface area (Å²) in [5.41, 5.74) is 3.29. The molecule has 0 spiro atoms. The molecule has 1 fully saturated rings. The molecule has 0 atom stereocenters. The van der Waals surface area contributed by atoms with E-state index >= 15 is 0 Å². The molecule has 4 rings (SSSR count). The van der Waals surface area contributed by atoms with Crippen molar-refractivity contribution in [2.45, 2.75) is 32.2 Å². The normalized spacial score (nSPS) is 16.4. The second-order valence-electron chi connectivity index (χ2n) is 7.67. The number of rotatable bonds is 3. The minimum atomic E-state index is -0.0657. The molecule has 1 saturated heterocycles. The Morgan fingerprint density at radius 2 is 1.66 bits per heavy atom. The number of piperidine rings is 1. The van der Waals surface area contributed by atoms with Crippen molar-refractivity contribution in [2.75, 3.05) is 24.5 Å². The molecule has 0 aliphatic carbocycles. The standard InChI is InChI=1S/C23H25N3O3/c1-16(27)26-14-9-18-15-19(7-8-21(18)26)23(29)25-12-10-20(11-13-25)24-22(28)17-5-3-2-4-6-17/h2-8,15,20H,9-14H2,1H3,(H,24,28). The molecular weight excluding hydrogens is 366 g/mol. The van der Waals surface area contributed by atoms with Crippen LogP contribution in [0.4, 0.5) is 5.69 Å². The van der Waals surface area contributed by atoms with Gasteiger partial charge in [-0.1, -0.05) is 18.2 Å². The fraction of sp³-hybridized carbons (Fsp3) is 0.348. The Labute approximate surface area is 170 Å². The van der Waals surface area contributed by atoms with Crippen LogP contribution in [0, 0.1) is 0 Å². The summed E-state index contributed by atoms with van der Waals surface area (Å²) in [6, 6.07) is 14.9. The van der Waals surface area contributed by atoms with E-state index < -0.39 is 0 Å². The molecule has 2 aromatic rings. The number of hydrogen-bond acceptors (Lipinski definition) is 3. The monoisotopic (exact) mass is 391 g/mol. The summed E-state index contributed by atoms with van der Waals surface area (Å²) in [4.78, 5) is 40.5. The van der Waals surface area contributed by atoms with Gasteiger partial charge in [-0.2, -0.15) is 0 Å². The summed E-state index contributed by atoms with van der Waals surface area (Å²) < 4.78 is 0. The van der Waals surface area contributed by atoms with Crippen LogP contribution in [0.3, 0.4) is 0 Å². The van der Waals surface area contributed by atoms with Gasteiger partial charge in [-0.3, -0.25) is 14.4 Å². The summed E-state index contributed by atoms with van der Waals surface area (Å²) >= 11 is 0. The van der Waals surface area contributed by atoms with E-state index in [0.29, 0.717) is 30.8 Å². The highest BCUT2D eigenvalue weighted by atomic mass is 16.2. The Bertz CT molecular complexity index is 934. The number of fused-ring (bicyclic) bond motifs is 1. The number of nitrogens with zero attached hydrogens (tertiary/aromatic N) is 2. The summed E-state index contributed by atoms with van der Waals surface area (Å²) in [6.07, 6.45) is 2.27. The van der Waals surface area contributed by atoms with Gasteiger partial charge in [0.05, 0.1) is 0 Å². The maximum Gasteiger partial charge on any atom is 0.253 e. The predicted molar refractivity (Wildman–Crippen MR) is 111 cm³/mol. The number of benzene rings is 2. The number of likely N-dealkylation sites (tertiary alicyclic amines) is 1. The van der Waals surface area contributed by atoms with Crippen LogP contribution in [0.15, 0.2) is 48.5 Å². The molecule has 2 aromatic carbocycles. The lowest BCUT2D eigenvalue weighted by molar-refractivity contribution is -0.116. The molecule has 6 heteroatoms. The van der Waals surface area contributed by atoms with E-state index in [9.17, 15) is 14.4 Å². The molecule has 0 saturated carbocycles. The molecule has 29 heavy (non-hydrogen) atoms. The number of amides is 3. The van der Waals surface area contributed by atoms with Crippen LogP contribution >= 0.6 is 0 Å². The van der Waals surface area contributed by atoms with Crippen molar-refractivity contribution in [3.63, 3.8) is 0 Å². The van der Waals surface area contributed by atoms with Gasteiger partial charge in [-0.25, -0.2) is 0 Å². The Hall–Kier alpha value is -3.15. The van der Waals surface area contributed by atoms with Crippen molar-refractivity contribution in [2.24, 2.45) is 0 Å². The van der Waals surface area contributed by atoms with Gasteiger partial charge < -0.3 is 15.1 Å². The Morgan fingerprint density at radius 1 is 0.931 bits per heavy atom. The van der Waals surface area contributed by atoms with Gasteiger partial charge in [-0.15, -0.1) is 0 Å². The van der Waals surface area contributed by atoms with E-state index in [4.69, 9.17) is 0 Å². The first-order valence-corrected chi connectivity index (χ1v) is 10.1. The first-order valence-electron chi connectivity index (χ1n) is 10.1. The zero-order valence-electron chi connectivity index (χ0n) is 16.6. The first kappa shape index (κ1) is 19.2. The van der Waals surface area contributed by atoms with E-state index in [1.807, 2.05) is 41.3 Å². The minimum absolute atomic E-state index is 0.0157. The summed E-state index contributed by atoms with van der Waals surface area (Å²) in [6.45, 7) is 3.48. The molecule has 2 aliphatic heterocycles. The third-order valence-electron chi connectivity index (χ3n) is 5.76. The zero-order valence-corrected chi connectivity index (χ0v) is 16.6. The van der Waals surface area contributed by atoms with Crippen LogP contribution in [0.25, 0.3) is 0 Å². The van der Waals surface area contributed by atoms with Gasteiger partial charge in [0.1, 0.15) is 0 Å². The first-order chi connectivity index (χ1) is 14.0. The van der Waals surface area contributed by atoms with E-state index in [-0.39, 0.29) is 23.8 Å². The molecule has 6 nitrogen and oxygen atoms in total. The molecule has 0 radical (unpaired) electrons. The molecule has 150 valence electrons. The second kappa shape index (κ2) is 8.07. The maximum absolute atomic E-state index is 12.9.